The van der Waals surface area contributed by atoms with Crippen molar-refractivity contribution in [3.8, 4) is 0 Å². The van der Waals surface area contributed by atoms with Crippen molar-refractivity contribution in [3.63, 3.8) is 0 Å². The number of aromatic nitrogens is 2. The molecule has 0 radical (unpaired) electrons. The number of nitrogens with zero attached hydrogens (tertiary/aromatic N) is 2. The summed E-state index contributed by atoms with van der Waals surface area (Å²) in [5.41, 5.74) is 9.09. The monoisotopic (exact) mass is 308 g/mol. The van der Waals surface area contributed by atoms with Crippen molar-refractivity contribution in [2.75, 3.05) is 0 Å². The van der Waals surface area contributed by atoms with Gasteiger partial charge in [-0.1, -0.05) is 12.1 Å². The highest BCUT2D eigenvalue weighted by molar-refractivity contribution is 7.89. The maximum atomic E-state index is 12.3. The molecule has 6 nitrogen and oxygen atoms in total. The molecule has 7 heteroatoms. The van der Waals surface area contributed by atoms with E-state index in [1.165, 1.54) is 0 Å². The van der Waals surface area contributed by atoms with Gasteiger partial charge in [-0.25, -0.2) is 13.1 Å². The Morgan fingerprint density at radius 2 is 1.86 bits per heavy atom. The molecule has 0 aliphatic carbocycles. The van der Waals surface area contributed by atoms with E-state index in [9.17, 15) is 8.42 Å². The van der Waals surface area contributed by atoms with E-state index in [-0.39, 0.29) is 11.4 Å². The molecule has 0 fully saturated rings. The van der Waals surface area contributed by atoms with Gasteiger partial charge in [0.15, 0.2) is 0 Å². The molecule has 0 aliphatic heterocycles. The summed E-state index contributed by atoms with van der Waals surface area (Å²) in [7, 11) is -1.70. The van der Waals surface area contributed by atoms with E-state index in [1.54, 1.807) is 28.9 Å². The molecule has 0 atom stereocenters. The second kappa shape index (κ2) is 5.97. The van der Waals surface area contributed by atoms with E-state index in [0.717, 1.165) is 22.5 Å². The van der Waals surface area contributed by atoms with Gasteiger partial charge in [0.1, 0.15) is 0 Å². The van der Waals surface area contributed by atoms with Crippen LogP contribution in [0, 0.1) is 13.8 Å². The van der Waals surface area contributed by atoms with Crippen LogP contribution in [0.1, 0.15) is 22.5 Å². The van der Waals surface area contributed by atoms with Gasteiger partial charge in [-0.2, -0.15) is 5.10 Å². The molecule has 0 spiro atoms. The van der Waals surface area contributed by atoms with Crippen LogP contribution in [0.15, 0.2) is 29.2 Å². The summed E-state index contributed by atoms with van der Waals surface area (Å²) >= 11 is 0. The number of hydrogen-bond donors (Lipinski definition) is 2. The van der Waals surface area contributed by atoms with Crippen LogP contribution in [0.25, 0.3) is 0 Å². The first-order valence-corrected chi connectivity index (χ1v) is 8.11. The minimum atomic E-state index is -3.54. The summed E-state index contributed by atoms with van der Waals surface area (Å²) in [4.78, 5) is 0.235. The Kier molecular flexibility index (Phi) is 4.46. The van der Waals surface area contributed by atoms with Crippen LogP contribution >= 0.6 is 0 Å². The van der Waals surface area contributed by atoms with Crippen LogP contribution in [0.2, 0.25) is 0 Å². The fourth-order valence-corrected chi connectivity index (χ4v) is 3.12. The van der Waals surface area contributed by atoms with Gasteiger partial charge in [-0.05, 0) is 31.5 Å². The molecule has 0 saturated heterocycles. The minimum absolute atomic E-state index is 0.229. The lowest BCUT2D eigenvalue weighted by Gasteiger charge is -2.08. The Hall–Kier alpha value is -1.70. The zero-order valence-electron chi connectivity index (χ0n) is 12.4. The SMILES string of the molecule is Cc1nn(C)c(C)c1CNS(=O)(=O)c1ccc(CN)cc1. The Morgan fingerprint density at radius 3 is 2.33 bits per heavy atom. The molecule has 1 aromatic heterocycles. The number of hydrogen-bond acceptors (Lipinski definition) is 4. The lowest BCUT2D eigenvalue weighted by atomic mass is 10.2. The van der Waals surface area contributed by atoms with E-state index >= 15 is 0 Å². The molecule has 2 aromatic rings. The number of benzene rings is 1. The quantitative estimate of drug-likeness (QED) is 0.861. The zero-order valence-corrected chi connectivity index (χ0v) is 13.2. The number of aryl methyl sites for hydroxylation is 2. The Bertz CT molecular complexity index is 733. The molecule has 2 rings (SSSR count). The maximum Gasteiger partial charge on any atom is 0.240 e. The predicted octanol–water partition coefficient (Wildman–Crippen LogP) is 0.974. The summed E-state index contributed by atoms with van der Waals surface area (Å²) in [6.45, 7) is 4.40. The van der Waals surface area contributed by atoms with E-state index in [2.05, 4.69) is 9.82 Å². The minimum Gasteiger partial charge on any atom is -0.326 e. The van der Waals surface area contributed by atoms with Crippen LogP contribution in [0.3, 0.4) is 0 Å². The molecule has 1 heterocycles. The maximum absolute atomic E-state index is 12.3. The molecule has 0 unspecified atom stereocenters. The van der Waals surface area contributed by atoms with Gasteiger partial charge >= 0.3 is 0 Å². The van der Waals surface area contributed by atoms with Crippen molar-refractivity contribution in [2.45, 2.75) is 31.8 Å². The summed E-state index contributed by atoms with van der Waals surface area (Å²) in [6, 6.07) is 6.56. The number of rotatable bonds is 5. The summed E-state index contributed by atoms with van der Waals surface area (Å²) in [6.07, 6.45) is 0. The fourth-order valence-electron chi connectivity index (χ4n) is 2.13. The second-order valence-corrected chi connectivity index (χ2v) is 6.71. The molecule has 0 amide bonds. The number of sulfonamides is 1. The van der Waals surface area contributed by atoms with Gasteiger partial charge in [0.25, 0.3) is 0 Å². The first kappa shape index (κ1) is 15.7. The van der Waals surface area contributed by atoms with Crippen molar-refractivity contribution in [1.82, 2.24) is 14.5 Å². The molecule has 0 bridgehead atoms. The highest BCUT2D eigenvalue weighted by Gasteiger charge is 2.16. The largest absolute Gasteiger partial charge is 0.326 e. The predicted molar refractivity (Wildman–Crippen MR) is 81.0 cm³/mol. The van der Waals surface area contributed by atoms with Gasteiger partial charge in [-0.15, -0.1) is 0 Å². The normalized spacial score (nSPS) is 11.8. The highest BCUT2D eigenvalue weighted by atomic mass is 32.2. The van der Waals surface area contributed by atoms with E-state index in [4.69, 9.17) is 5.73 Å². The standard InChI is InChI=1S/C14H20N4O2S/c1-10-14(11(2)18(3)17-10)9-16-21(19,20)13-6-4-12(8-15)5-7-13/h4-7,16H,8-9,15H2,1-3H3. The number of nitrogens with one attached hydrogen (secondary N) is 1. The van der Waals surface area contributed by atoms with Crippen molar-refractivity contribution in [1.29, 1.82) is 0 Å². The third-order valence-electron chi connectivity index (χ3n) is 3.57. The first-order chi connectivity index (χ1) is 9.85. The highest BCUT2D eigenvalue weighted by Crippen LogP contribution is 2.14. The van der Waals surface area contributed by atoms with Crippen molar-refractivity contribution >= 4 is 10.0 Å². The molecule has 3 N–H and O–H groups in total. The Morgan fingerprint density at radius 1 is 1.24 bits per heavy atom. The average molecular weight is 308 g/mol. The van der Waals surface area contributed by atoms with Gasteiger partial charge in [-0.3, -0.25) is 4.68 Å². The summed E-state index contributed by atoms with van der Waals surface area (Å²) in [5, 5.41) is 4.27. The lowest BCUT2D eigenvalue weighted by Crippen LogP contribution is -2.23. The Balaban J connectivity index is 2.17. The van der Waals surface area contributed by atoms with Crippen molar-refractivity contribution < 1.29 is 8.42 Å². The molecule has 114 valence electrons. The third kappa shape index (κ3) is 3.31. The van der Waals surface area contributed by atoms with Crippen molar-refractivity contribution in [3.05, 3.63) is 46.8 Å². The molecule has 0 aliphatic rings. The third-order valence-corrected chi connectivity index (χ3v) is 4.98. The van der Waals surface area contributed by atoms with E-state index in [1.807, 2.05) is 20.9 Å². The summed E-state index contributed by atoms with van der Waals surface area (Å²) < 4.78 is 28.9. The van der Waals surface area contributed by atoms with Crippen LogP contribution in [0.4, 0.5) is 0 Å². The zero-order chi connectivity index (χ0) is 15.6. The molecule has 21 heavy (non-hydrogen) atoms. The lowest BCUT2D eigenvalue weighted by molar-refractivity contribution is 0.581. The smallest absolute Gasteiger partial charge is 0.240 e. The van der Waals surface area contributed by atoms with E-state index in [0.29, 0.717) is 6.54 Å². The fraction of sp³-hybridized carbons (Fsp3) is 0.357. The molecular formula is C14H20N4O2S. The van der Waals surface area contributed by atoms with Gasteiger partial charge in [0.2, 0.25) is 10.0 Å². The van der Waals surface area contributed by atoms with Gasteiger partial charge < -0.3 is 5.73 Å². The molecular weight excluding hydrogens is 288 g/mol. The molecule has 0 saturated carbocycles. The van der Waals surface area contributed by atoms with Crippen LogP contribution in [-0.4, -0.2) is 18.2 Å². The topological polar surface area (TPSA) is 90.0 Å². The molecule has 1 aromatic carbocycles. The first-order valence-electron chi connectivity index (χ1n) is 6.63. The second-order valence-electron chi connectivity index (χ2n) is 4.95. The van der Waals surface area contributed by atoms with Crippen LogP contribution in [0.5, 0.6) is 0 Å². The Labute approximate surface area is 125 Å². The number of nitrogens with two attached hydrogens (primary N) is 1. The van der Waals surface area contributed by atoms with Crippen LogP contribution in [-0.2, 0) is 30.2 Å². The van der Waals surface area contributed by atoms with Gasteiger partial charge in [0, 0.05) is 31.4 Å². The van der Waals surface area contributed by atoms with Crippen LogP contribution < -0.4 is 10.5 Å². The van der Waals surface area contributed by atoms with Gasteiger partial charge in [0.05, 0.1) is 10.6 Å². The van der Waals surface area contributed by atoms with Crippen molar-refractivity contribution in [2.24, 2.45) is 12.8 Å². The van der Waals surface area contributed by atoms with E-state index < -0.39 is 10.0 Å². The average Bonchev–Trinajstić information content (AvgIpc) is 2.70. The summed E-state index contributed by atoms with van der Waals surface area (Å²) in [5.74, 6) is 0.